The lowest BCUT2D eigenvalue weighted by molar-refractivity contribution is -0.385. The van der Waals surface area contributed by atoms with Crippen LogP contribution in [0.5, 0.6) is 11.5 Å². The van der Waals surface area contributed by atoms with Gasteiger partial charge in [0.05, 0.1) is 24.7 Å². The largest absolute Gasteiger partial charge is 0.493 e. The van der Waals surface area contributed by atoms with E-state index in [1.165, 1.54) is 19.4 Å². The second-order valence-corrected chi connectivity index (χ2v) is 5.16. The normalized spacial score (nSPS) is 10.2. The fourth-order valence-corrected chi connectivity index (χ4v) is 2.12. The topological polar surface area (TPSA) is 101 Å². The fraction of sp³-hybridized carbons (Fsp3) is 0.250. The molecule has 0 aliphatic carbocycles. The number of hydrogen-bond acceptors (Lipinski definition) is 7. The van der Waals surface area contributed by atoms with E-state index in [0.29, 0.717) is 17.3 Å². The highest BCUT2D eigenvalue weighted by molar-refractivity contribution is 6.29. The van der Waals surface area contributed by atoms with Crippen molar-refractivity contribution in [3.05, 3.63) is 56.9 Å². The Bertz CT molecular complexity index is 779. The number of halogens is 1. The summed E-state index contributed by atoms with van der Waals surface area (Å²) >= 11 is 5.68. The zero-order valence-corrected chi connectivity index (χ0v) is 14.3. The second kappa shape index (κ2) is 8.29. The molecule has 0 N–H and O–H groups in total. The molecule has 0 aliphatic heterocycles. The van der Waals surface area contributed by atoms with Gasteiger partial charge in [0.15, 0.2) is 11.5 Å². The smallest absolute Gasteiger partial charge is 0.345 e. The van der Waals surface area contributed by atoms with Crippen molar-refractivity contribution < 1.29 is 23.9 Å². The Balaban J connectivity index is 2.28. The molecule has 2 aromatic rings. The SMILES string of the molecule is CCOc1cc(C(=O)OCc2ccc(Cl)nc2)c([N+](=O)[O-])cc1OC. The predicted octanol–water partition coefficient (Wildman–Crippen LogP) is 3.41. The molecule has 0 fully saturated rings. The summed E-state index contributed by atoms with van der Waals surface area (Å²) in [4.78, 5) is 26.7. The second-order valence-electron chi connectivity index (χ2n) is 4.78. The molecular weight excluding hydrogens is 352 g/mol. The molecular formula is C16H15ClN2O6. The summed E-state index contributed by atoms with van der Waals surface area (Å²) in [5.41, 5.74) is -0.0605. The summed E-state index contributed by atoms with van der Waals surface area (Å²) in [6, 6.07) is 5.55. The number of pyridine rings is 1. The van der Waals surface area contributed by atoms with Crippen molar-refractivity contribution in [1.82, 2.24) is 4.98 Å². The van der Waals surface area contributed by atoms with Gasteiger partial charge in [-0.25, -0.2) is 9.78 Å². The molecule has 0 aliphatic rings. The van der Waals surface area contributed by atoms with E-state index >= 15 is 0 Å². The van der Waals surface area contributed by atoms with Gasteiger partial charge in [0, 0.05) is 17.8 Å². The van der Waals surface area contributed by atoms with Crippen molar-refractivity contribution >= 4 is 23.3 Å². The van der Waals surface area contributed by atoms with E-state index in [1.807, 2.05) is 0 Å². The number of esters is 1. The van der Waals surface area contributed by atoms with Gasteiger partial charge in [-0.2, -0.15) is 0 Å². The Kier molecular flexibility index (Phi) is 6.13. The van der Waals surface area contributed by atoms with Crippen molar-refractivity contribution in [2.45, 2.75) is 13.5 Å². The van der Waals surface area contributed by atoms with E-state index in [4.69, 9.17) is 25.8 Å². The van der Waals surface area contributed by atoms with Crippen LogP contribution in [0.4, 0.5) is 5.69 Å². The Morgan fingerprint density at radius 2 is 2.08 bits per heavy atom. The van der Waals surface area contributed by atoms with Gasteiger partial charge in [-0.1, -0.05) is 17.7 Å². The average Bonchev–Trinajstić information content (AvgIpc) is 2.60. The first-order valence-corrected chi connectivity index (χ1v) is 7.60. The maximum Gasteiger partial charge on any atom is 0.345 e. The highest BCUT2D eigenvalue weighted by atomic mass is 35.5. The van der Waals surface area contributed by atoms with Crippen LogP contribution in [0.1, 0.15) is 22.8 Å². The molecule has 1 aromatic carbocycles. The number of carbonyl (C=O) groups excluding carboxylic acids is 1. The minimum Gasteiger partial charge on any atom is -0.493 e. The number of ether oxygens (including phenoxy) is 3. The molecule has 0 spiro atoms. The highest BCUT2D eigenvalue weighted by Crippen LogP contribution is 2.35. The summed E-state index contributed by atoms with van der Waals surface area (Å²) in [6.45, 7) is 1.95. The van der Waals surface area contributed by atoms with Crippen molar-refractivity contribution in [2.24, 2.45) is 0 Å². The Morgan fingerprint density at radius 1 is 1.32 bits per heavy atom. The Hall–Kier alpha value is -2.87. The molecule has 1 aromatic heterocycles. The molecule has 0 radical (unpaired) electrons. The van der Waals surface area contributed by atoms with Gasteiger partial charge in [-0.3, -0.25) is 10.1 Å². The van der Waals surface area contributed by atoms with Crippen LogP contribution >= 0.6 is 11.6 Å². The fourth-order valence-electron chi connectivity index (χ4n) is 2.01. The molecule has 0 bridgehead atoms. The quantitative estimate of drug-likeness (QED) is 0.320. The van der Waals surface area contributed by atoms with Crippen LogP contribution in [0.2, 0.25) is 5.15 Å². The third-order valence-electron chi connectivity index (χ3n) is 3.16. The van der Waals surface area contributed by atoms with Gasteiger partial charge >= 0.3 is 5.97 Å². The lowest BCUT2D eigenvalue weighted by atomic mass is 10.1. The third kappa shape index (κ3) is 4.57. The predicted molar refractivity (Wildman–Crippen MR) is 89.2 cm³/mol. The van der Waals surface area contributed by atoms with Gasteiger partial charge in [0.1, 0.15) is 17.3 Å². The van der Waals surface area contributed by atoms with Crippen LogP contribution in [0.15, 0.2) is 30.5 Å². The molecule has 0 saturated carbocycles. The molecule has 0 saturated heterocycles. The zero-order valence-electron chi connectivity index (χ0n) is 13.5. The van der Waals surface area contributed by atoms with Crippen molar-refractivity contribution in [2.75, 3.05) is 13.7 Å². The van der Waals surface area contributed by atoms with E-state index in [1.54, 1.807) is 19.1 Å². The van der Waals surface area contributed by atoms with Crippen LogP contribution < -0.4 is 9.47 Å². The number of nitro groups is 1. The number of hydrogen-bond donors (Lipinski definition) is 0. The van der Waals surface area contributed by atoms with Crippen LogP contribution in [-0.4, -0.2) is 29.6 Å². The first-order chi connectivity index (χ1) is 12.0. The molecule has 2 rings (SSSR count). The van der Waals surface area contributed by atoms with E-state index in [0.717, 1.165) is 6.07 Å². The number of carbonyl (C=O) groups is 1. The number of nitrogens with zero attached hydrogens (tertiary/aromatic N) is 2. The van der Waals surface area contributed by atoms with Gasteiger partial charge < -0.3 is 14.2 Å². The zero-order chi connectivity index (χ0) is 18.4. The maximum absolute atomic E-state index is 12.3. The van der Waals surface area contributed by atoms with E-state index in [2.05, 4.69) is 4.98 Å². The molecule has 0 atom stereocenters. The van der Waals surface area contributed by atoms with Crippen molar-refractivity contribution in [3.8, 4) is 11.5 Å². The van der Waals surface area contributed by atoms with Crippen LogP contribution in [-0.2, 0) is 11.3 Å². The summed E-state index contributed by atoms with van der Waals surface area (Å²) in [5.74, 6) is -0.479. The third-order valence-corrected chi connectivity index (χ3v) is 3.38. The number of rotatable bonds is 7. The van der Waals surface area contributed by atoms with Crippen LogP contribution in [0, 0.1) is 10.1 Å². The van der Waals surface area contributed by atoms with E-state index < -0.39 is 16.6 Å². The van der Waals surface area contributed by atoms with E-state index in [-0.39, 0.29) is 23.7 Å². The number of nitro benzene ring substituents is 1. The molecule has 0 unspecified atom stereocenters. The van der Waals surface area contributed by atoms with Crippen molar-refractivity contribution in [3.63, 3.8) is 0 Å². The number of benzene rings is 1. The average molecular weight is 367 g/mol. The Morgan fingerprint density at radius 3 is 2.64 bits per heavy atom. The summed E-state index contributed by atoms with van der Waals surface area (Å²) in [7, 11) is 1.35. The minimum absolute atomic E-state index is 0.101. The summed E-state index contributed by atoms with van der Waals surface area (Å²) in [5, 5.41) is 11.6. The number of aromatic nitrogens is 1. The van der Waals surface area contributed by atoms with Gasteiger partial charge in [0.2, 0.25) is 0 Å². The molecule has 8 nitrogen and oxygen atoms in total. The molecule has 132 valence electrons. The minimum atomic E-state index is -0.856. The van der Waals surface area contributed by atoms with Crippen LogP contribution in [0.25, 0.3) is 0 Å². The molecule has 0 amide bonds. The van der Waals surface area contributed by atoms with Crippen molar-refractivity contribution in [1.29, 1.82) is 0 Å². The van der Waals surface area contributed by atoms with Crippen LogP contribution in [0.3, 0.4) is 0 Å². The molecule has 25 heavy (non-hydrogen) atoms. The monoisotopic (exact) mass is 366 g/mol. The summed E-state index contributed by atoms with van der Waals surface area (Å²) in [6.07, 6.45) is 1.45. The standard InChI is InChI=1S/C16H15ClN2O6/c1-3-24-14-6-11(12(19(21)22)7-13(14)23-2)16(20)25-9-10-4-5-15(17)18-8-10/h4-8H,3,9H2,1-2H3. The molecule has 9 heteroatoms. The lowest BCUT2D eigenvalue weighted by Crippen LogP contribution is -2.10. The lowest BCUT2D eigenvalue weighted by Gasteiger charge is -2.11. The van der Waals surface area contributed by atoms with E-state index in [9.17, 15) is 14.9 Å². The van der Waals surface area contributed by atoms with Gasteiger partial charge in [-0.05, 0) is 13.0 Å². The van der Waals surface area contributed by atoms with Gasteiger partial charge in [0.25, 0.3) is 5.69 Å². The first kappa shape index (κ1) is 18.5. The van der Waals surface area contributed by atoms with Gasteiger partial charge in [-0.15, -0.1) is 0 Å². The Labute approximate surface area is 148 Å². The number of methoxy groups -OCH3 is 1. The summed E-state index contributed by atoms with van der Waals surface area (Å²) < 4.78 is 15.5. The highest BCUT2D eigenvalue weighted by Gasteiger charge is 2.26. The molecule has 1 heterocycles. The first-order valence-electron chi connectivity index (χ1n) is 7.23. The maximum atomic E-state index is 12.3.